The molecule has 2 aliphatic rings. The van der Waals surface area contributed by atoms with Crippen LogP contribution in [0, 0.1) is 0 Å². The molecule has 1 saturated heterocycles. The van der Waals surface area contributed by atoms with Gasteiger partial charge in [-0.05, 0) is 71.5 Å². The highest BCUT2D eigenvalue weighted by atomic mass is 16.5. The Bertz CT molecular complexity index is 1010. The zero-order valence-electron chi connectivity index (χ0n) is 21.8. The predicted octanol–water partition coefficient (Wildman–Crippen LogP) is 4.27. The van der Waals surface area contributed by atoms with Gasteiger partial charge in [0.1, 0.15) is 11.4 Å². The van der Waals surface area contributed by atoms with Crippen molar-refractivity contribution in [2.45, 2.75) is 51.2 Å². The van der Waals surface area contributed by atoms with Crippen LogP contribution in [0.3, 0.4) is 0 Å². The molecular weight excluding hydrogens is 454 g/mol. The molecule has 0 atom stereocenters. The number of hydrogen-bond donors (Lipinski definition) is 1. The van der Waals surface area contributed by atoms with Gasteiger partial charge >= 0.3 is 0 Å². The predicted molar refractivity (Wildman–Crippen MR) is 147 cm³/mol. The van der Waals surface area contributed by atoms with Gasteiger partial charge in [-0.2, -0.15) is 0 Å². The van der Waals surface area contributed by atoms with Gasteiger partial charge in [0.25, 0.3) is 0 Å². The molecular formula is C27H39N7O2. The summed E-state index contributed by atoms with van der Waals surface area (Å²) in [4.78, 5) is 22.3. The minimum Gasteiger partial charge on any atom is -0.488 e. The van der Waals surface area contributed by atoms with Gasteiger partial charge in [0.05, 0.1) is 25.0 Å². The summed E-state index contributed by atoms with van der Waals surface area (Å²) >= 11 is 0. The van der Waals surface area contributed by atoms with E-state index in [2.05, 4.69) is 68.0 Å². The lowest BCUT2D eigenvalue weighted by atomic mass is 9.93. The molecule has 1 saturated carbocycles. The number of aliphatic imine (C=N–C) groups is 2. The average molecular weight is 494 g/mol. The highest BCUT2D eigenvalue weighted by Gasteiger charge is 2.25. The second kappa shape index (κ2) is 12.8. The Morgan fingerprint density at radius 3 is 2.53 bits per heavy atom. The number of ether oxygens (including phenoxy) is 2. The number of morpholine rings is 1. The number of nitrogens with zero attached hydrogens (tertiary/aromatic N) is 6. The highest BCUT2D eigenvalue weighted by Crippen LogP contribution is 2.43. The van der Waals surface area contributed by atoms with E-state index >= 15 is 0 Å². The summed E-state index contributed by atoms with van der Waals surface area (Å²) in [5.74, 6) is 1.45. The third-order valence-electron chi connectivity index (χ3n) is 6.70. The number of nitrogens with one attached hydrogen (secondary N) is 1. The van der Waals surface area contributed by atoms with Gasteiger partial charge in [0.15, 0.2) is 0 Å². The van der Waals surface area contributed by atoms with Gasteiger partial charge in [-0.3, -0.25) is 9.98 Å². The summed E-state index contributed by atoms with van der Waals surface area (Å²) in [5.41, 5.74) is 3.73. The normalized spacial score (nSPS) is 20.6. The van der Waals surface area contributed by atoms with Crippen LogP contribution in [0.2, 0.25) is 0 Å². The summed E-state index contributed by atoms with van der Waals surface area (Å²) in [7, 11) is 4.15. The molecule has 1 aliphatic carbocycles. The average Bonchev–Trinajstić information content (AvgIpc) is 2.90. The number of aromatic nitrogens is 2. The Balaban J connectivity index is 1.37. The van der Waals surface area contributed by atoms with Gasteiger partial charge in [-0.15, -0.1) is 0 Å². The zero-order valence-corrected chi connectivity index (χ0v) is 21.8. The van der Waals surface area contributed by atoms with Gasteiger partial charge in [0, 0.05) is 56.0 Å². The summed E-state index contributed by atoms with van der Waals surface area (Å²) in [5, 5.41) is 3.50. The second-order valence-corrected chi connectivity index (χ2v) is 9.66. The van der Waals surface area contributed by atoms with E-state index in [0.717, 1.165) is 87.6 Å². The van der Waals surface area contributed by atoms with E-state index < -0.39 is 0 Å². The van der Waals surface area contributed by atoms with E-state index in [9.17, 15) is 0 Å². The number of anilines is 2. The minimum absolute atomic E-state index is 0.122. The molecule has 2 heterocycles. The van der Waals surface area contributed by atoms with Crippen LogP contribution in [-0.2, 0) is 11.2 Å². The zero-order chi connectivity index (χ0) is 25.3. The fourth-order valence-corrected chi connectivity index (χ4v) is 4.67. The van der Waals surface area contributed by atoms with E-state index in [1.54, 1.807) is 6.21 Å². The third kappa shape index (κ3) is 7.01. The SMILES string of the molecule is C=Nc1c(N=CC)cc(N2CCOCC2)cc1OC1CCC(Nc2ncc(CCN(C)C)cn2)CC1. The summed E-state index contributed by atoms with van der Waals surface area (Å²) in [6.07, 6.45) is 10.6. The van der Waals surface area contributed by atoms with E-state index in [-0.39, 0.29) is 6.10 Å². The van der Waals surface area contributed by atoms with Crippen LogP contribution in [0.5, 0.6) is 5.75 Å². The molecule has 0 radical (unpaired) electrons. The van der Waals surface area contributed by atoms with Crippen LogP contribution >= 0.6 is 0 Å². The number of benzene rings is 1. The van der Waals surface area contributed by atoms with Crippen molar-refractivity contribution in [3.8, 4) is 5.75 Å². The largest absolute Gasteiger partial charge is 0.488 e. The van der Waals surface area contributed by atoms with Gasteiger partial charge in [-0.1, -0.05) is 0 Å². The fourth-order valence-electron chi connectivity index (χ4n) is 4.67. The van der Waals surface area contributed by atoms with Crippen LogP contribution < -0.4 is 15.0 Å². The summed E-state index contributed by atoms with van der Waals surface area (Å²) in [6, 6.07) is 4.49. The van der Waals surface area contributed by atoms with Gasteiger partial charge in [-0.25, -0.2) is 9.97 Å². The molecule has 9 nitrogen and oxygen atoms in total. The molecule has 2 fully saturated rings. The van der Waals surface area contributed by atoms with E-state index in [0.29, 0.717) is 17.7 Å². The Morgan fingerprint density at radius 1 is 1.17 bits per heavy atom. The Hall–Kier alpha value is -3.04. The maximum atomic E-state index is 6.53. The Kier molecular flexibility index (Phi) is 9.24. The Labute approximate surface area is 214 Å². The van der Waals surface area contributed by atoms with Crippen molar-refractivity contribution in [2.75, 3.05) is 57.2 Å². The smallest absolute Gasteiger partial charge is 0.222 e. The fraction of sp³-hybridized carbons (Fsp3) is 0.556. The maximum Gasteiger partial charge on any atom is 0.222 e. The molecule has 36 heavy (non-hydrogen) atoms. The number of hydrogen-bond acceptors (Lipinski definition) is 9. The van der Waals surface area contributed by atoms with Crippen LogP contribution in [0.4, 0.5) is 23.0 Å². The second-order valence-electron chi connectivity index (χ2n) is 9.66. The van der Waals surface area contributed by atoms with Crippen molar-refractivity contribution in [2.24, 2.45) is 9.98 Å². The first-order valence-corrected chi connectivity index (χ1v) is 12.9. The number of rotatable bonds is 10. The molecule has 0 spiro atoms. The molecule has 0 amide bonds. The highest BCUT2D eigenvalue weighted by molar-refractivity contribution is 5.80. The van der Waals surface area contributed by atoms with Crippen molar-refractivity contribution >= 4 is 35.9 Å². The van der Waals surface area contributed by atoms with Crippen LogP contribution in [0.25, 0.3) is 0 Å². The number of likely N-dealkylation sites (N-methyl/N-ethyl adjacent to an activating group) is 1. The first-order valence-electron chi connectivity index (χ1n) is 12.9. The van der Waals surface area contributed by atoms with Gasteiger partial charge < -0.3 is 24.6 Å². The minimum atomic E-state index is 0.122. The molecule has 1 aromatic heterocycles. The van der Waals surface area contributed by atoms with Gasteiger partial charge in [0.2, 0.25) is 5.95 Å². The quantitative estimate of drug-likeness (QED) is 0.495. The molecule has 194 valence electrons. The molecule has 1 N–H and O–H groups in total. The van der Waals surface area contributed by atoms with Crippen LogP contribution in [0.1, 0.15) is 38.2 Å². The molecule has 0 bridgehead atoms. The summed E-state index contributed by atoms with van der Waals surface area (Å²) in [6.45, 7) is 9.85. The van der Waals surface area contributed by atoms with E-state index in [1.165, 1.54) is 0 Å². The van der Waals surface area contributed by atoms with Crippen molar-refractivity contribution in [3.05, 3.63) is 30.1 Å². The van der Waals surface area contributed by atoms with Crippen molar-refractivity contribution < 1.29 is 9.47 Å². The first-order chi connectivity index (χ1) is 17.6. The molecule has 1 aromatic carbocycles. The molecule has 1 aliphatic heterocycles. The Morgan fingerprint density at radius 2 is 1.89 bits per heavy atom. The first kappa shape index (κ1) is 26.0. The molecule has 2 aromatic rings. The monoisotopic (exact) mass is 493 g/mol. The van der Waals surface area contributed by atoms with Crippen molar-refractivity contribution in [3.63, 3.8) is 0 Å². The lowest BCUT2D eigenvalue weighted by molar-refractivity contribution is 0.122. The third-order valence-corrected chi connectivity index (χ3v) is 6.70. The standard InChI is InChI=1S/C27H39N7O2/c1-5-29-24-16-22(34-12-14-35-15-13-34)17-25(26(24)28-2)36-23-8-6-21(7-9-23)32-27-30-18-20(19-31-27)10-11-33(3)4/h5,16-19,21,23H,2,6-15H2,1,3-4H3,(H,30,31,32). The van der Waals surface area contributed by atoms with Crippen molar-refractivity contribution in [1.29, 1.82) is 0 Å². The van der Waals surface area contributed by atoms with Crippen molar-refractivity contribution in [1.82, 2.24) is 14.9 Å². The molecule has 9 heteroatoms. The maximum absolute atomic E-state index is 6.53. The van der Waals surface area contributed by atoms with Crippen LogP contribution in [-0.4, -0.2) is 86.9 Å². The lowest BCUT2D eigenvalue weighted by Crippen LogP contribution is -2.36. The topological polar surface area (TPSA) is 87.5 Å². The molecule has 4 rings (SSSR count). The van der Waals surface area contributed by atoms with Crippen LogP contribution in [0.15, 0.2) is 34.5 Å². The van der Waals surface area contributed by atoms with E-state index in [1.807, 2.05) is 19.3 Å². The van der Waals surface area contributed by atoms with E-state index in [4.69, 9.17) is 9.47 Å². The lowest BCUT2D eigenvalue weighted by Gasteiger charge is -2.32. The summed E-state index contributed by atoms with van der Waals surface area (Å²) < 4.78 is 12.1. The molecule has 0 unspecified atom stereocenters.